The summed E-state index contributed by atoms with van der Waals surface area (Å²) in [7, 11) is -1.57. The number of aliphatic hydroxyl groups excluding tert-OH is 1. The van der Waals surface area contributed by atoms with Crippen LogP contribution in [0.4, 0.5) is 22.0 Å². The Morgan fingerprint density at radius 2 is 1.37 bits per heavy atom. The standard InChI is InChI=1S/C10H11F5O3Si/c1-3(2-19-18-10(16)17)4-5(11)7(13)9(15)8(14)6(4)12/h3,10,16-17H,2,19H2,1H3. The summed E-state index contributed by atoms with van der Waals surface area (Å²) in [5.41, 5.74) is -0.917. The van der Waals surface area contributed by atoms with Gasteiger partial charge in [0.25, 0.3) is 6.48 Å². The van der Waals surface area contributed by atoms with Crippen molar-refractivity contribution in [2.75, 3.05) is 0 Å². The summed E-state index contributed by atoms with van der Waals surface area (Å²) in [5.74, 6) is -10.9. The predicted molar refractivity (Wildman–Crippen MR) is 57.3 cm³/mol. The van der Waals surface area contributed by atoms with E-state index in [-0.39, 0.29) is 6.04 Å². The zero-order valence-electron chi connectivity index (χ0n) is 9.76. The number of aliphatic hydroxyl groups is 2. The lowest BCUT2D eigenvalue weighted by Crippen LogP contribution is -2.16. The van der Waals surface area contributed by atoms with Crippen LogP contribution in [0, 0.1) is 29.1 Å². The van der Waals surface area contributed by atoms with E-state index in [1.165, 1.54) is 6.92 Å². The van der Waals surface area contributed by atoms with Crippen molar-refractivity contribution in [3.8, 4) is 0 Å². The molecule has 1 rings (SSSR count). The molecule has 0 radical (unpaired) electrons. The van der Waals surface area contributed by atoms with E-state index in [0.717, 1.165) is 0 Å². The third kappa shape index (κ3) is 3.50. The molecule has 3 nitrogen and oxygen atoms in total. The Bertz CT molecular complexity index is 440. The highest BCUT2D eigenvalue weighted by Gasteiger charge is 2.28. The van der Waals surface area contributed by atoms with E-state index < -0.39 is 56.8 Å². The van der Waals surface area contributed by atoms with E-state index in [9.17, 15) is 22.0 Å². The second-order valence-corrected chi connectivity index (χ2v) is 5.19. The first-order valence-electron chi connectivity index (χ1n) is 5.26. The highest BCUT2D eigenvalue weighted by atomic mass is 28.2. The fourth-order valence-corrected chi connectivity index (χ4v) is 2.54. The van der Waals surface area contributed by atoms with Gasteiger partial charge in [0.2, 0.25) is 5.82 Å². The molecule has 0 bridgehead atoms. The fraction of sp³-hybridized carbons (Fsp3) is 0.400. The molecule has 0 saturated carbocycles. The molecule has 0 amide bonds. The summed E-state index contributed by atoms with van der Waals surface area (Å²) < 4.78 is 69.9. The van der Waals surface area contributed by atoms with Crippen LogP contribution in [0.2, 0.25) is 6.04 Å². The average Bonchev–Trinajstić information content (AvgIpc) is 2.34. The molecule has 0 aliphatic carbocycles. The summed E-state index contributed by atoms with van der Waals surface area (Å²) in [6, 6.07) is -0.0179. The average molecular weight is 302 g/mol. The Hall–Kier alpha value is -1.03. The minimum Gasteiger partial charge on any atom is -0.379 e. The van der Waals surface area contributed by atoms with Crippen LogP contribution >= 0.6 is 0 Å². The smallest absolute Gasteiger partial charge is 0.256 e. The van der Waals surface area contributed by atoms with Crippen molar-refractivity contribution >= 4 is 9.76 Å². The Morgan fingerprint density at radius 3 is 1.79 bits per heavy atom. The van der Waals surface area contributed by atoms with Gasteiger partial charge >= 0.3 is 0 Å². The molecule has 0 heterocycles. The lowest BCUT2D eigenvalue weighted by atomic mass is 10.0. The molecule has 0 saturated heterocycles. The molecule has 0 aromatic heterocycles. The van der Waals surface area contributed by atoms with Crippen LogP contribution in [0.5, 0.6) is 0 Å². The number of rotatable bonds is 5. The molecule has 9 heteroatoms. The van der Waals surface area contributed by atoms with Gasteiger partial charge in [-0.1, -0.05) is 6.92 Å². The highest BCUT2D eigenvalue weighted by molar-refractivity contribution is 6.27. The number of hydrogen-bond acceptors (Lipinski definition) is 3. The molecule has 1 atom stereocenters. The lowest BCUT2D eigenvalue weighted by Gasteiger charge is -2.15. The van der Waals surface area contributed by atoms with Crippen molar-refractivity contribution in [3.63, 3.8) is 0 Å². The van der Waals surface area contributed by atoms with Crippen molar-refractivity contribution in [2.45, 2.75) is 25.4 Å². The van der Waals surface area contributed by atoms with E-state index >= 15 is 0 Å². The second kappa shape index (κ2) is 6.42. The van der Waals surface area contributed by atoms with Crippen molar-refractivity contribution in [1.82, 2.24) is 0 Å². The largest absolute Gasteiger partial charge is 0.379 e. The molecule has 0 aliphatic heterocycles. The van der Waals surface area contributed by atoms with Gasteiger partial charge in [0, 0.05) is 5.56 Å². The molecule has 1 aromatic carbocycles. The van der Waals surface area contributed by atoms with E-state index in [1.807, 2.05) is 0 Å². The van der Waals surface area contributed by atoms with Crippen LogP contribution in [-0.2, 0) is 4.43 Å². The van der Waals surface area contributed by atoms with Crippen LogP contribution in [0.25, 0.3) is 0 Å². The molecule has 19 heavy (non-hydrogen) atoms. The maximum absolute atomic E-state index is 13.4. The first-order chi connectivity index (χ1) is 8.77. The van der Waals surface area contributed by atoms with Gasteiger partial charge < -0.3 is 14.6 Å². The van der Waals surface area contributed by atoms with E-state index in [2.05, 4.69) is 4.43 Å². The summed E-state index contributed by atoms with van der Waals surface area (Å²) in [4.78, 5) is 0. The zero-order chi connectivity index (χ0) is 14.7. The Morgan fingerprint density at radius 1 is 0.947 bits per heavy atom. The van der Waals surface area contributed by atoms with Gasteiger partial charge in [0.05, 0.1) is 0 Å². The maximum atomic E-state index is 13.4. The van der Waals surface area contributed by atoms with E-state index in [4.69, 9.17) is 10.2 Å². The summed E-state index contributed by atoms with van der Waals surface area (Å²) in [6.07, 6.45) is 0. The first kappa shape index (κ1) is 16.0. The molecule has 0 aliphatic rings. The van der Waals surface area contributed by atoms with Crippen LogP contribution < -0.4 is 0 Å². The van der Waals surface area contributed by atoms with Gasteiger partial charge in [0.1, 0.15) is 0 Å². The number of benzene rings is 1. The van der Waals surface area contributed by atoms with Crippen molar-refractivity contribution in [3.05, 3.63) is 34.6 Å². The minimum absolute atomic E-state index is 0.0179. The summed E-state index contributed by atoms with van der Waals surface area (Å²) in [5, 5.41) is 16.8. The molecule has 1 unspecified atom stereocenters. The lowest BCUT2D eigenvalue weighted by molar-refractivity contribution is -0.180. The normalized spacial score (nSPS) is 13.7. The molecular weight excluding hydrogens is 291 g/mol. The molecule has 1 aromatic rings. The molecule has 2 N–H and O–H groups in total. The summed E-state index contributed by atoms with van der Waals surface area (Å²) in [6.45, 7) is -0.742. The highest BCUT2D eigenvalue weighted by Crippen LogP contribution is 2.30. The third-order valence-electron chi connectivity index (χ3n) is 2.55. The number of halogens is 5. The van der Waals surface area contributed by atoms with Gasteiger partial charge in [-0.15, -0.1) is 0 Å². The van der Waals surface area contributed by atoms with Gasteiger partial charge in [0.15, 0.2) is 33.0 Å². The maximum Gasteiger partial charge on any atom is 0.256 e. The molecule has 108 valence electrons. The topological polar surface area (TPSA) is 49.7 Å². The zero-order valence-corrected chi connectivity index (χ0v) is 11.2. The third-order valence-corrected chi connectivity index (χ3v) is 4.19. The van der Waals surface area contributed by atoms with Crippen molar-refractivity contribution in [1.29, 1.82) is 0 Å². The van der Waals surface area contributed by atoms with Gasteiger partial charge in [-0.25, -0.2) is 22.0 Å². The predicted octanol–water partition coefficient (Wildman–Crippen LogP) is 1.27. The van der Waals surface area contributed by atoms with Crippen LogP contribution in [0.3, 0.4) is 0 Å². The van der Waals surface area contributed by atoms with Crippen molar-refractivity contribution in [2.24, 2.45) is 0 Å². The van der Waals surface area contributed by atoms with Gasteiger partial charge in [-0.2, -0.15) is 0 Å². The minimum atomic E-state index is -2.20. The number of hydrogen-bond donors (Lipinski definition) is 2. The fourth-order valence-electron chi connectivity index (χ4n) is 1.55. The molecule has 0 fully saturated rings. The van der Waals surface area contributed by atoms with Crippen LogP contribution in [0.1, 0.15) is 18.4 Å². The first-order valence-corrected chi connectivity index (χ1v) is 6.84. The van der Waals surface area contributed by atoms with Crippen LogP contribution in [-0.4, -0.2) is 26.5 Å². The van der Waals surface area contributed by atoms with E-state index in [0.29, 0.717) is 0 Å². The molecular formula is C10H11F5O3Si. The van der Waals surface area contributed by atoms with Crippen LogP contribution in [0.15, 0.2) is 0 Å². The van der Waals surface area contributed by atoms with E-state index in [1.54, 1.807) is 0 Å². The van der Waals surface area contributed by atoms with Crippen molar-refractivity contribution < 1.29 is 36.6 Å². The quantitative estimate of drug-likeness (QED) is 0.283. The summed E-state index contributed by atoms with van der Waals surface area (Å²) >= 11 is 0. The Kier molecular flexibility index (Phi) is 5.41. The molecule has 0 spiro atoms. The van der Waals surface area contributed by atoms with Gasteiger partial charge in [-0.3, -0.25) is 0 Å². The SMILES string of the molecule is CC(C[SiH2]OC(O)O)c1c(F)c(F)c(F)c(F)c1F. The monoisotopic (exact) mass is 302 g/mol. The second-order valence-electron chi connectivity index (χ2n) is 3.87. The van der Waals surface area contributed by atoms with Gasteiger partial charge in [-0.05, 0) is 12.0 Å². The Balaban J connectivity index is 3.00. The Labute approximate surface area is 107 Å².